The first-order chi connectivity index (χ1) is 44.6. The second kappa shape index (κ2) is 28.0. The van der Waals surface area contributed by atoms with Crippen molar-refractivity contribution in [2.45, 2.75) is 304 Å². The Morgan fingerprint density at radius 2 is 1.03 bits per heavy atom. The summed E-state index contributed by atoms with van der Waals surface area (Å²) < 4.78 is 71.6. The Bertz CT molecular complexity index is 2640. The summed E-state index contributed by atoms with van der Waals surface area (Å²) in [6.45, 7) is 18.4. The van der Waals surface area contributed by atoms with E-state index in [2.05, 4.69) is 41.2 Å². The minimum absolute atomic E-state index is 0.0239. The molecule has 0 aromatic heterocycles. The predicted molar refractivity (Wildman–Crippen MR) is 319 cm³/mol. The van der Waals surface area contributed by atoms with E-state index in [1.807, 2.05) is 6.92 Å². The molecule has 6 saturated heterocycles. The molecule has 95 heavy (non-hydrogen) atoms. The second-order valence-electron chi connectivity index (χ2n) is 30.9. The van der Waals surface area contributed by atoms with Crippen LogP contribution in [0.25, 0.3) is 0 Å². The number of rotatable bonds is 16. The third-order valence-corrected chi connectivity index (χ3v) is 25.6. The van der Waals surface area contributed by atoms with Gasteiger partial charge in [-0.2, -0.15) is 0 Å². The molecule has 6 aliphatic heterocycles. The Morgan fingerprint density at radius 1 is 0.474 bits per heavy atom. The lowest BCUT2D eigenvalue weighted by atomic mass is 9.32. The highest BCUT2D eigenvalue weighted by Gasteiger charge is 2.73. The second-order valence-corrected chi connectivity index (χ2v) is 30.9. The fourth-order valence-corrected chi connectivity index (χ4v) is 19.9. The van der Waals surface area contributed by atoms with Crippen molar-refractivity contribution in [3.05, 3.63) is 12.2 Å². The predicted octanol–water partition coefficient (Wildman–Crippen LogP) is -3.84. The van der Waals surface area contributed by atoms with E-state index >= 15 is 4.79 Å². The fourth-order valence-electron chi connectivity index (χ4n) is 19.9. The van der Waals surface area contributed by atoms with Crippen molar-refractivity contribution >= 4 is 5.97 Å². The maximum atomic E-state index is 15.3. The van der Waals surface area contributed by atoms with Crippen molar-refractivity contribution in [3.8, 4) is 0 Å². The quantitative estimate of drug-likeness (QED) is 0.0400. The number of ether oxygens (including phenoxy) is 12. The first kappa shape index (κ1) is 74.3. The van der Waals surface area contributed by atoms with E-state index in [9.17, 15) is 86.8 Å². The molecule has 0 aromatic carbocycles. The Kier molecular flexibility index (Phi) is 21.9. The first-order valence-corrected chi connectivity index (χ1v) is 34.0. The Labute approximate surface area is 551 Å². The molecule has 5 aliphatic carbocycles. The smallest absolute Gasteiger partial charge is 0.314 e. The zero-order valence-electron chi connectivity index (χ0n) is 55.2. The zero-order chi connectivity index (χ0) is 69.2. The van der Waals surface area contributed by atoms with Gasteiger partial charge in [-0.15, -0.1) is 0 Å². The van der Waals surface area contributed by atoms with Crippen LogP contribution in [0, 0.1) is 56.7 Å². The maximum absolute atomic E-state index is 15.3. The molecule has 11 rings (SSSR count). The Morgan fingerprint density at radius 3 is 1.68 bits per heavy atom. The number of aliphatic hydroxyl groups is 17. The van der Waals surface area contributed by atoms with E-state index in [1.165, 1.54) is 13.8 Å². The lowest BCUT2D eigenvalue weighted by Crippen LogP contribution is -2.68. The van der Waals surface area contributed by atoms with Gasteiger partial charge in [0, 0.05) is 0 Å². The van der Waals surface area contributed by atoms with E-state index in [4.69, 9.17) is 56.8 Å². The number of hydrogen-bond acceptors (Lipinski definition) is 30. The minimum Gasteiger partial charge on any atom is -0.432 e. The van der Waals surface area contributed by atoms with Gasteiger partial charge in [-0.05, 0) is 136 Å². The number of aliphatic hydroxyl groups excluding tert-OH is 17. The van der Waals surface area contributed by atoms with Crippen LogP contribution in [0.1, 0.15) is 120 Å². The number of carbonyl (C=O) groups excluding carboxylic acids is 1. The van der Waals surface area contributed by atoms with Gasteiger partial charge >= 0.3 is 5.97 Å². The third kappa shape index (κ3) is 12.6. The van der Waals surface area contributed by atoms with E-state index in [-0.39, 0.29) is 52.4 Å². The summed E-state index contributed by atoms with van der Waals surface area (Å²) >= 11 is 0. The summed E-state index contributed by atoms with van der Waals surface area (Å²) in [6.07, 6.45) is -40.5. The lowest BCUT2D eigenvalue weighted by molar-refractivity contribution is -0.382. The minimum atomic E-state index is -1.91. The summed E-state index contributed by atoms with van der Waals surface area (Å²) in [6, 6.07) is 0. The number of carbonyl (C=O) groups is 1. The van der Waals surface area contributed by atoms with Crippen molar-refractivity contribution in [1.82, 2.24) is 0 Å². The van der Waals surface area contributed by atoms with Gasteiger partial charge in [0.05, 0.1) is 50.2 Å². The van der Waals surface area contributed by atoms with E-state index in [1.54, 1.807) is 0 Å². The van der Waals surface area contributed by atoms with Gasteiger partial charge in [0.1, 0.15) is 128 Å². The van der Waals surface area contributed by atoms with Crippen molar-refractivity contribution < 1.29 is 148 Å². The lowest BCUT2D eigenvalue weighted by Gasteiger charge is -2.73. The molecule has 546 valence electrons. The largest absolute Gasteiger partial charge is 0.432 e. The highest BCUT2D eigenvalue weighted by atomic mass is 16.8. The third-order valence-electron chi connectivity index (χ3n) is 25.6. The summed E-state index contributed by atoms with van der Waals surface area (Å²) in [4.78, 5) is 15.3. The molecule has 30 heteroatoms. The van der Waals surface area contributed by atoms with Gasteiger partial charge in [-0.1, -0.05) is 46.8 Å². The van der Waals surface area contributed by atoms with Crippen LogP contribution in [0.4, 0.5) is 0 Å². The molecular weight excluding hydrogens is 1260 g/mol. The zero-order valence-corrected chi connectivity index (χ0v) is 55.2. The van der Waals surface area contributed by atoms with E-state index < -0.39 is 221 Å². The molecule has 11 fully saturated rings. The van der Waals surface area contributed by atoms with Crippen molar-refractivity contribution in [2.24, 2.45) is 56.7 Å². The number of fused-ring (bicyclic) bond motifs is 7. The van der Waals surface area contributed by atoms with Crippen LogP contribution in [0.15, 0.2) is 12.2 Å². The SMILES string of the molecule is C=C(C)[C@@H]1CC[C@]2(C(=O)O[C@@H]3O[C@H](CO[C@@H]4O[C@H](CO)[C@@H](O[C@@H]5O[C@@H](C)[C@H](O)[C@@H](O)[C@H]5O)[C@H](O)[C@H]4O)[C@@H](O)[C@H](O)[C@H]3O)CC[C@]3(C)[C@H](CC[C@@H]4[C@@]5(C)CC[C@H](O[C@@H]6OC[C@H](O)[C@H](O)[C@H]6O[C@@H]6O[C@@H](C)[C@H](O)[C@@H](O[C@@H]7O[C@H](CO)[C@@H](O)[C@H](O)[C@H]7O)[C@H]6O)C(C)(C)[C@@H]5CC[C@]43C)[C@@H]12. The average Bonchev–Trinajstić information content (AvgIpc) is 1.63. The van der Waals surface area contributed by atoms with Gasteiger partial charge < -0.3 is 144 Å². The average molecular weight is 1370 g/mol. The molecule has 17 N–H and O–H groups in total. The van der Waals surface area contributed by atoms with Crippen LogP contribution >= 0.6 is 0 Å². The topological polar surface area (TPSA) is 472 Å². The normalized spacial score (nSPS) is 55.5. The van der Waals surface area contributed by atoms with Crippen LogP contribution < -0.4 is 0 Å². The fraction of sp³-hybridized carbons (Fsp3) is 0.954. The molecule has 0 aromatic rings. The summed E-state index contributed by atoms with van der Waals surface area (Å²) in [5.74, 6) is -0.541. The molecule has 0 amide bonds. The molecule has 11 aliphatic rings. The number of hydrogen-bond donors (Lipinski definition) is 17. The highest BCUT2D eigenvalue weighted by Crippen LogP contribution is 2.78. The number of allylic oxidation sites excluding steroid dienone is 1. The van der Waals surface area contributed by atoms with Crippen LogP contribution in [0.2, 0.25) is 0 Å². The van der Waals surface area contributed by atoms with Gasteiger partial charge in [-0.25, -0.2) is 0 Å². The van der Waals surface area contributed by atoms with E-state index in [0.29, 0.717) is 32.1 Å². The Hall–Kier alpha value is -1.91. The van der Waals surface area contributed by atoms with Gasteiger partial charge in [0.2, 0.25) is 6.29 Å². The van der Waals surface area contributed by atoms with Gasteiger partial charge in [-0.3, -0.25) is 4.79 Å². The van der Waals surface area contributed by atoms with Crippen molar-refractivity contribution in [3.63, 3.8) is 0 Å². The summed E-state index contributed by atoms with van der Waals surface area (Å²) in [7, 11) is 0. The molecule has 5 saturated carbocycles. The highest BCUT2D eigenvalue weighted by molar-refractivity contribution is 5.78. The maximum Gasteiger partial charge on any atom is 0.314 e. The summed E-state index contributed by atoms with van der Waals surface area (Å²) in [5.41, 5.74) is -1.36. The molecule has 39 atom stereocenters. The number of esters is 1. The van der Waals surface area contributed by atoms with Crippen LogP contribution in [0.5, 0.6) is 0 Å². The molecular formula is C65H106O30. The standard InChI is InChI=1S/C65H106O30/c1-24(2)27-12-17-65(60(83)95-57-48(80)44(76)41(73)32(90-57)23-85-54-49(81)45(77)51(31(21-67)89-54)92-55-46(78)42(74)37(69)25(3)86-55)19-18-63(8)28(36(27)65)10-11-34-62(7)15-14-35(61(5,6)33(62)13-16-64(34,63)9)91-59-53(39(71)29(68)22-84-59)94-58-50(82)52(38(70)26(4)87-58)93-56-47(79)43(75)40(72)30(20-66)88-56/h25-59,66-82H,1,10-23H2,2-9H3/t25-,26-,27-,28+,29-,30+,31+,32+,33-,34+,35-,36+,37-,38-,39-,40+,41+,42+,43-,44-,45+,46+,47+,48+,49+,50+,51+,52+,53+,54+,55-,56-,57-,58-,59-,62-,63+,64+,65-/m0/s1. The molecule has 0 bridgehead atoms. The summed E-state index contributed by atoms with van der Waals surface area (Å²) in [5, 5.41) is 184. The van der Waals surface area contributed by atoms with Gasteiger partial charge in [0.25, 0.3) is 0 Å². The Balaban J connectivity index is 0.751. The van der Waals surface area contributed by atoms with Crippen molar-refractivity contribution in [2.75, 3.05) is 26.4 Å². The molecule has 6 heterocycles. The van der Waals surface area contributed by atoms with Crippen molar-refractivity contribution in [1.29, 1.82) is 0 Å². The molecule has 30 nitrogen and oxygen atoms in total. The van der Waals surface area contributed by atoms with Crippen LogP contribution in [0.3, 0.4) is 0 Å². The molecule has 0 spiro atoms. The van der Waals surface area contributed by atoms with E-state index in [0.717, 1.165) is 37.7 Å². The monoisotopic (exact) mass is 1370 g/mol. The molecule has 0 unspecified atom stereocenters. The molecule has 0 radical (unpaired) electrons. The van der Waals surface area contributed by atoms with Crippen LogP contribution in [-0.4, -0.2) is 303 Å². The van der Waals surface area contributed by atoms with Crippen LogP contribution in [-0.2, 0) is 61.6 Å². The first-order valence-electron chi connectivity index (χ1n) is 34.0. The van der Waals surface area contributed by atoms with Gasteiger partial charge in [0.15, 0.2) is 31.5 Å².